The van der Waals surface area contributed by atoms with Gasteiger partial charge in [0.1, 0.15) is 11.4 Å². The van der Waals surface area contributed by atoms with Crippen molar-refractivity contribution in [2.45, 2.75) is 46.0 Å². The van der Waals surface area contributed by atoms with Crippen LogP contribution >= 0.6 is 0 Å². The van der Waals surface area contributed by atoms with E-state index in [1.54, 1.807) is 18.2 Å². The van der Waals surface area contributed by atoms with E-state index in [2.05, 4.69) is 38.0 Å². The van der Waals surface area contributed by atoms with E-state index in [1.807, 2.05) is 29.2 Å². The Balaban J connectivity index is 1.79. The third-order valence-corrected chi connectivity index (χ3v) is 5.13. The SMILES string of the molecule is CC1CCCN(C(=O)c2cccc(C(=O)Nc3ccccc3C(C)(C)C)n2)C1. The zero-order chi connectivity index (χ0) is 20.3. The normalized spacial score (nSPS) is 17.3. The molecule has 1 aromatic carbocycles. The number of carbonyl (C=O) groups excluding carboxylic acids is 2. The Kier molecular flexibility index (Phi) is 5.82. The second kappa shape index (κ2) is 8.13. The Hall–Kier alpha value is -2.69. The van der Waals surface area contributed by atoms with Gasteiger partial charge in [-0.05, 0) is 47.9 Å². The molecule has 1 saturated heterocycles. The number of aromatic nitrogens is 1. The summed E-state index contributed by atoms with van der Waals surface area (Å²) in [6.45, 7) is 9.97. The molecule has 0 bridgehead atoms. The molecule has 0 spiro atoms. The van der Waals surface area contributed by atoms with E-state index in [1.165, 1.54) is 0 Å². The number of likely N-dealkylation sites (tertiary alicyclic amines) is 1. The number of hydrogen-bond donors (Lipinski definition) is 1. The van der Waals surface area contributed by atoms with Crippen LogP contribution in [0.15, 0.2) is 42.5 Å². The molecule has 0 aliphatic carbocycles. The Labute approximate surface area is 167 Å². The summed E-state index contributed by atoms with van der Waals surface area (Å²) in [6.07, 6.45) is 2.16. The van der Waals surface area contributed by atoms with Crippen LogP contribution in [0.5, 0.6) is 0 Å². The van der Waals surface area contributed by atoms with Crippen molar-refractivity contribution in [1.29, 1.82) is 0 Å². The van der Waals surface area contributed by atoms with Gasteiger partial charge in [0.15, 0.2) is 0 Å². The summed E-state index contributed by atoms with van der Waals surface area (Å²) >= 11 is 0. The molecule has 1 atom stereocenters. The number of hydrogen-bond acceptors (Lipinski definition) is 3. The van der Waals surface area contributed by atoms with Gasteiger partial charge in [-0.15, -0.1) is 0 Å². The van der Waals surface area contributed by atoms with Gasteiger partial charge in [0, 0.05) is 18.8 Å². The minimum atomic E-state index is -0.307. The van der Waals surface area contributed by atoms with Crippen molar-refractivity contribution in [3.8, 4) is 0 Å². The van der Waals surface area contributed by atoms with E-state index in [-0.39, 0.29) is 22.9 Å². The van der Waals surface area contributed by atoms with Crippen LogP contribution in [0.3, 0.4) is 0 Å². The first kappa shape index (κ1) is 20.1. The van der Waals surface area contributed by atoms with Gasteiger partial charge in [0.05, 0.1) is 0 Å². The molecule has 0 saturated carbocycles. The molecule has 2 aromatic rings. The number of amides is 2. The van der Waals surface area contributed by atoms with Crippen LogP contribution in [0.25, 0.3) is 0 Å². The highest BCUT2D eigenvalue weighted by atomic mass is 16.2. The van der Waals surface area contributed by atoms with E-state index in [0.29, 0.717) is 11.6 Å². The van der Waals surface area contributed by atoms with Crippen LogP contribution in [-0.2, 0) is 5.41 Å². The van der Waals surface area contributed by atoms with Gasteiger partial charge in [0.25, 0.3) is 11.8 Å². The highest BCUT2D eigenvalue weighted by Gasteiger charge is 2.24. The van der Waals surface area contributed by atoms with Gasteiger partial charge < -0.3 is 10.2 Å². The number of para-hydroxylation sites is 1. The number of benzene rings is 1. The first-order valence-corrected chi connectivity index (χ1v) is 9.93. The fourth-order valence-corrected chi connectivity index (χ4v) is 3.65. The van der Waals surface area contributed by atoms with Crippen LogP contribution in [0.1, 0.15) is 67.1 Å². The first-order valence-electron chi connectivity index (χ1n) is 9.93. The van der Waals surface area contributed by atoms with Gasteiger partial charge in [0.2, 0.25) is 0 Å². The molecule has 2 heterocycles. The Bertz CT molecular complexity index is 870. The number of nitrogens with zero attached hydrogens (tertiary/aromatic N) is 2. The van der Waals surface area contributed by atoms with Crippen molar-refractivity contribution >= 4 is 17.5 Å². The molecule has 1 unspecified atom stereocenters. The monoisotopic (exact) mass is 379 g/mol. The van der Waals surface area contributed by atoms with Crippen molar-refractivity contribution in [2.75, 3.05) is 18.4 Å². The molecule has 1 aliphatic rings. The average Bonchev–Trinajstić information content (AvgIpc) is 2.67. The van der Waals surface area contributed by atoms with Gasteiger partial charge in [-0.1, -0.05) is 52.0 Å². The predicted molar refractivity (Wildman–Crippen MR) is 112 cm³/mol. The highest BCUT2D eigenvalue weighted by Crippen LogP contribution is 2.29. The molecule has 28 heavy (non-hydrogen) atoms. The summed E-state index contributed by atoms with van der Waals surface area (Å²) in [4.78, 5) is 31.8. The van der Waals surface area contributed by atoms with Crippen molar-refractivity contribution in [2.24, 2.45) is 5.92 Å². The van der Waals surface area contributed by atoms with Crippen LogP contribution in [0, 0.1) is 5.92 Å². The zero-order valence-electron chi connectivity index (χ0n) is 17.2. The minimum Gasteiger partial charge on any atom is -0.337 e. The fourth-order valence-electron chi connectivity index (χ4n) is 3.65. The largest absolute Gasteiger partial charge is 0.337 e. The highest BCUT2D eigenvalue weighted by molar-refractivity contribution is 6.04. The maximum absolute atomic E-state index is 12.8. The van der Waals surface area contributed by atoms with Crippen molar-refractivity contribution in [3.05, 3.63) is 59.4 Å². The topological polar surface area (TPSA) is 62.3 Å². The second-order valence-electron chi connectivity index (χ2n) is 8.66. The molecule has 3 rings (SSSR count). The number of rotatable bonds is 3. The summed E-state index contributed by atoms with van der Waals surface area (Å²) in [5.41, 5.74) is 2.30. The summed E-state index contributed by atoms with van der Waals surface area (Å²) in [7, 11) is 0. The maximum Gasteiger partial charge on any atom is 0.274 e. The molecule has 1 aromatic heterocycles. The lowest BCUT2D eigenvalue weighted by atomic mass is 9.86. The fraction of sp³-hybridized carbons (Fsp3) is 0.435. The second-order valence-corrected chi connectivity index (χ2v) is 8.66. The minimum absolute atomic E-state index is 0.0972. The Morgan fingerprint density at radius 1 is 1.07 bits per heavy atom. The Morgan fingerprint density at radius 3 is 2.50 bits per heavy atom. The summed E-state index contributed by atoms with van der Waals surface area (Å²) < 4.78 is 0. The van der Waals surface area contributed by atoms with Crippen LogP contribution in [0.2, 0.25) is 0 Å². The van der Waals surface area contributed by atoms with Crippen LogP contribution in [-0.4, -0.2) is 34.8 Å². The number of anilines is 1. The third kappa shape index (κ3) is 4.58. The van der Waals surface area contributed by atoms with Crippen molar-refractivity contribution in [3.63, 3.8) is 0 Å². The molecule has 1 aliphatic heterocycles. The number of nitrogens with one attached hydrogen (secondary N) is 1. The summed E-state index contributed by atoms with van der Waals surface area (Å²) in [6, 6.07) is 12.8. The molecule has 0 radical (unpaired) electrons. The standard InChI is InChI=1S/C23H29N3O2/c1-16-9-8-14-26(15-16)22(28)20-13-7-12-19(24-20)21(27)25-18-11-6-5-10-17(18)23(2,3)4/h5-7,10-13,16H,8-9,14-15H2,1-4H3,(H,25,27). The van der Waals surface area contributed by atoms with E-state index in [4.69, 9.17) is 0 Å². The third-order valence-electron chi connectivity index (χ3n) is 5.13. The molecule has 1 N–H and O–H groups in total. The number of carbonyl (C=O) groups is 2. The lowest BCUT2D eigenvalue weighted by Gasteiger charge is -2.30. The average molecular weight is 380 g/mol. The van der Waals surface area contributed by atoms with Crippen LogP contribution < -0.4 is 5.32 Å². The summed E-state index contributed by atoms with van der Waals surface area (Å²) in [5.74, 6) is 0.0905. The molecule has 148 valence electrons. The van der Waals surface area contributed by atoms with E-state index in [9.17, 15) is 9.59 Å². The molecule has 5 heteroatoms. The van der Waals surface area contributed by atoms with Crippen LogP contribution in [0.4, 0.5) is 5.69 Å². The van der Waals surface area contributed by atoms with E-state index >= 15 is 0 Å². The van der Waals surface area contributed by atoms with Crippen molar-refractivity contribution in [1.82, 2.24) is 9.88 Å². The smallest absolute Gasteiger partial charge is 0.274 e. The van der Waals surface area contributed by atoms with Gasteiger partial charge in [-0.3, -0.25) is 9.59 Å². The predicted octanol–water partition coefficient (Wildman–Crippen LogP) is 4.50. The first-order chi connectivity index (χ1) is 13.3. The van der Waals surface area contributed by atoms with E-state index in [0.717, 1.165) is 37.2 Å². The van der Waals surface area contributed by atoms with Crippen molar-refractivity contribution < 1.29 is 9.59 Å². The lowest BCUT2D eigenvalue weighted by Crippen LogP contribution is -2.39. The molecular formula is C23H29N3O2. The maximum atomic E-state index is 12.8. The summed E-state index contributed by atoms with van der Waals surface area (Å²) in [5, 5.41) is 2.96. The lowest BCUT2D eigenvalue weighted by molar-refractivity contribution is 0.0677. The molecule has 1 fully saturated rings. The molecule has 2 amide bonds. The zero-order valence-corrected chi connectivity index (χ0v) is 17.2. The molecule has 5 nitrogen and oxygen atoms in total. The van der Waals surface area contributed by atoms with E-state index < -0.39 is 0 Å². The number of pyridine rings is 1. The van der Waals surface area contributed by atoms with Gasteiger partial charge in [-0.2, -0.15) is 0 Å². The quantitative estimate of drug-likeness (QED) is 0.854. The van der Waals surface area contributed by atoms with Gasteiger partial charge in [-0.25, -0.2) is 4.98 Å². The number of piperidine rings is 1. The Morgan fingerprint density at radius 2 is 1.79 bits per heavy atom. The van der Waals surface area contributed by atoms with Gasteiger partial charge >= 0.3 is 0 Å². The molecular weight excluding hydrogens is 350 g/mol.